The van der Waals surface area contributed by atoms with Gasteiger partial charge in [-0.2, -0.15) is 0 Å². The number of nitrogens with zero attached hydrogens (tertiary/aromatic N) is 2. The SMILES string of the molecule is C/C=C1/C[N@@+]2(CC(=O)c3ccc4c(c3)CCN4C(C)=O)CC[C@]34C(=C(C=O)[C@H]1C[C@@H]32)Nc1ccccc14. The second kappa shape index (κ2) is 7.75. The van der Waals surface area contributed by atoms with Crippen molar-refractivity contribution in [1.82, 2.24) is 0 Å². The monoisotopic (exact) mass is 494 g/mol. The van der Waals surface area contributed by atoms with Gasteiger partial charge in [0.2, 0.25) is 11.7 Å². The van der Waals surface area contributed by atoms with Gasteiger partial charge in [0.25, 0.3) is 0 Å². The molecule has 2 aromatic carbocycles. The maximum Gasteiger partial charge on any atom is 0.223 e. The van der Waals surface area contributed by atoms with E-state index in [1.165, 1.54) is 11.1 Å². The van der Waals surface area contributed by atoms with Crippen molar-refractivity contribution in [2.24, 2.45) is 5.92 Å². The van der Waals surface area contributed by atoms with Crippen LogP contribution in [0.2, 0.25) is 0 Å². The number of piperidine rings is 1. The van der Waals surface area contributed by atoms with Crippen molar-refractivity contribution >= 4 is 29.4 Å². The van der Waals surface area contributed by atoms with Gasteiger partial charge in [0.15, 0.2) is 0 Å². The molecule has 4 heterocycles. The van der Waals surface area contributed by atoms with Gasteiger partial charge in [-0.25, -0.2) is 0 Å². The van der Waals surface area contributed by atoms with Gasteiger partial charge in [0.1, 0.15) is 25.4 Å². The summed E-state index contributed by atoms with van der Waals surface area (Å²) < 4.78 is 0.747. The lowest BCUT2D eigenvalue weighted by molar-refractivity contribution is -0.934. The number of quaternary nitrogens is 1. The fourth-order valence-corrected chi connectivity index (χ4v) is 8.41. The average Bonchev–Trinajstić information content (AvgIpc) is 3.58. The molecule has 1 N–H and O–H groups in total. The average molecular weight is 495 g/mol. The molecule has 37 heavy (non-hydrogen) atoms. The second-order valence-electron chi connectivity index (χ2n) is 11.5. The summed E-state index contributed by atoms with van der Waals surface area (Å²) in [7, 11) is 0. The molecular weight excluding hydrogens is 462 g/mol. The predicted molar refractivity (Wildman–Crippen MR) is 142 cm³/mol. The van der Waals surface area contributed by atoms with Crippen LogP contribution < -0.4 is 10.2 Å². The van der Waals surface area contributed by atoms with Gasteiger partial charge in [-0.3, -0.25) is 14.4 Å². The lowest BCUT2D eigenvalue weighted by Crippen LogP contribution is -2.64. The fourth-order valence-electron chi connectivity index (χ4n) is 8.41. The summed E-state index contributed by atoms with van der Waals surface area (Å²) in [4.78, 5) is 40.2. The van der Waals surface area contributed by atoms with E-state index in [1.54, 1.807) is 11.8 Å². The lowest BCUT2D eigenvalue weighted by Gasteiger charge is -2.53. The fraction of sp³-hybridized carbons (Fsp3) is 0.387. The number of allylic oxidation sites excluding steroid dienone is 2. The maximum atomic E-state index is 13.9. The lowest BCUT2D eigenvalue weighted by atomic mass is 9.61. The van der Waals surface area contributed by atoms with Crippen molar-refractivity contribution in [2.75, 3.05) is 36.4 Å². The second-order valence-corrected chi connectivity index (χ2v) is 11.5. The summed E-state index contributed by atoms with van der Waals surface area (Å²) in [5.41, 5.74) is 8.17. The molecular formula is C31H32N3O3+. The Morgan fingerprint density at radius 3 is 2.84 bits per heavy atom. The van der Waals surface area contributed by atoms with Gasteiger partial charge in [0, 0.05) is 60.4 Å². The van der Waals surface area contributed by atoms with Gasteiger partial charge in [-0.15, -0.1) is 0 Å². The number of hydrogen-bond acceptors (Lipinski definition) is 4. The molecule has 1 amide bonds. The minimum absolute atomic E-state index is 0.0431. The molecule has 1 aliphatic carbocycles. The molecule has 2 fully saturated rings. The summed E-state index contributed by atoms with van der Waals surface area (Å²) in [5.74, 6) is 0.331. The Balaban J connectivity index is 1.30. The smallest absolute Gasteiger partial charge is 0.223 e. The Morgan fingerprint density at radius 1 is 1.22 bits per heavy atom. The normalized spacial score (nSPS) is 31.6. The molecule has 2 bridgehead atoms. The summed E-state index contributed by atoms with van der Waals surface area (Å²) in [6.45, 7) is 6.52. The Hall–Kier alpha value is -3.51. The third-order valence-electron chi connectivity index (χ3n) is 10.00. The molecule has 4 aliphatic heterocycles. The van der Waals surface area contributed by atoms with Gasteiger partial charge in [-0.05, 0) is 54.3 Å². The van der Waals surface area contributed by atoms with Crippen LogP contribution in [0.25, 0.3) is 0 Å². The van der Waals surface area contributed by atoms with E-state index >= 15 is 0 Å². The zero-order chi connectivity index (χ0) is 25.5. The number of amides is 1. The first-order valence-electron chi connectivity index (χ1n) is 13.4. The summed E-state index contributed by atoms with van der Waals surface area (Å²) in [5, 5.41) is 3.67. The van der Waals surface area contributed by atoms with Crippen LogP contribution in [0.5, 0.6) is 0 Å². The number of carbonyl (C=O) groups excluding carboxylic acids is 3. The predicted octanol–water partition coefficient (Wildman–Crippen LogP) is 4.16. The number of carbonyl (C=O) groups is 3. The van der Waals surface area contributed by atoms with E-state index < -0.39 is 0 Å². The number of nitrogens with one attached hydrogen (secondary N) is 1. The largest absolute Gasteiger partial charge is 0.357 e. The number of ketones is 1. The topological polar surface area (TPSA) is 66.5 Å². The number of rotatable bonds is 4. The molecule has 7 rings (SSSR count). The van der Waals surface area contributed by atoms with E-state index in [1.807, 2.05) is 24.3 Å². The van der Waals surface area contributed by atoms with Crippen LogP contribution in [0.1, 0.15) is 48.2 Å². The molecule has 2 saturated heterocycles. The van der Waals surface area contributed by atoms with Gasteiger partial charge in [0.05, 0.1) is 12.0 Å². The Labute approximate surface area is 217 Å². The first-order chi connectivity index (χ1) is 17.9. The van der Waals surface area contributed by atoms with Crippen molar-refractivity contribution in [1.29, 1.82) is 0 Å². The Kier molecular flexibility index (Phi) is 4.75. The van der Waals surface area contributed by atoms with Crippen LogP contribution in [0.3, 0.4) is 0 Å². The van der Waals surface area contributed by atoms with Gasteiger partial charge >= 0.3 is 0 Å². The third-order valence-corrected chi connectivity index (χ3v) is 10.00. The molecule has 6 heteroatoms. The molecule has 4 atom stereocenters. The van der Waals surface area contributed by atoms with E-state index in [2.05, 4.69) is 36.5 Å². The van der Waals surface area contributed by atoms with Crippen LogP contribution in [0.15, 0.2) is 65.4 Å². The van der Waals surface area contributed by atoms with Crippen LogP contribution in [-0.2, 0) is 21.4 Å². The van der Waals surface area contributed by atoms with E-state index in [4.69, 9.17) is 0 Å². The highest BCUT2D eigenvalue weighted by atomic mass is 16.2. The highest BCUT2D eigenvalue weighted by molar-refractivity contribution is 5.99. The Bertz CT molecular complexity index is 1460. The number of anilines is 2. The summed E-state index contributed by atoms with van der Waals surface area (Å²) in [6, 6.07) is 14.6. The van der Waals surface area contributed by atoms with Crippen LogP contribution in [0, 0.1) is 5.92 Å². The van der Waals surface area contributed by atoms with Gasteiger partial charge in [-0.1, -0.05) is 24.3 Å². The zero-order valence-electron chi connectivity index (χ0n) is 21.4. The number of hydrogen-bond donors (Lipinski definition) is 1. The number of benzene rings is 2. The van der Waals surface area contributed by atoms with E-state index in [0.717, 1.165) is 76.9 Å². The minimum atomic E-state index is -0.233. The third kappa shape index (κ3) is 2.88. The number of aldehydes is 1. The minimum Gasteiger partial charge on any atom is -0.357 e. The van der Waals surface area contributed by atoms with E-state index in [-0.39, 0.29) is 29.1 Å². The van der Waals surface area contributed by atoms with Crippen molar-refractivity contribution in [2.45, 2.75) is 44.6 Å². The molecule has 188 valence electrons. The van der Waals surface area contributed by atoms with Crippen LogP contribution >= 0.6 is 0 Å². The molecule has 5 aliphatic rings. The summed E-state index contributed by atoms with van der Waals surface area (Å²) in [6.07, 6.45) is 5.88. The van der Waals surface area contributed by atoms with E-state index in [9.17, 15) is 14.4 Å². The first-order valence-corrected chi connectivity index (χ1v) is 13.4. The van der Waals surface area contributed by atoms with E-state index in [0.29, 0.717) is 13.1 Å². The molecule has 0 saturated carbocycles. The highest BCUT2D eigenvalue weighted by Crippen LogP contribution is 2.63. The molecule has 0 radical (unpaired) electrons. The first kappa shape index (κ1) is 22.7. The van der Waals surface area contributed by atoms with Crippen LogP contribution in [0.4, 0.5) is 11.4 Å². The standard InChI is InChI=1S/C31H31N3O3/c1-3-20-16-34(17-28(37)22-8-9-27-21(14-22)10-12-33(27)19(2)36)13-11-31-25-6-4-5-7-26(25)32-30(31)24(18-35)23(20)15-29(31)34/h3-9,14,18,23,29H,10-13,15-17H2,1-2H3/p+1/b20-3-/t23-,29-,31+,34+/m0/s1. The number of fused-ring (bicyclic) bond motifs is 3. The highest BCUT2D eigenvalue weighted by Gasteiger charge is 2.68. The molecule has 6 nitrogen and oxygen atoms in total. The molecule has 0 aromatic heterocycles. The molecule has 0 unspecified atom stereocenters. The summed E-state index contributed by atoms with van der Waals surface area (Å²) >= 11 is 0. The van der Waals surface area contributed by atoms with Crippen molar-refractivity contribution in [3.05, 3.63) is 82.1 Å². The molecule has 1 spiro atoms. The maximum absolute atomic E-state index is 13.9. The zero-order valence-corrected chi connectivity index (χ0v) is 21.4. The van der Waals surface area contributed by atoms with Crippen molar-refractivity contribution in [3.8, 4) is 0 Å². The molecule has 2 aromatic rings. The number of para-hydroxylation sites is 1. The van der Waals surface area contributed by atoms with Crippen molar-refractivity contribution in [3.63, 3.8) is 0 Å². The van der Waals surface area contributed by atoms with Crippen LogP contribution in [-0.4, -0.2) is 54.7 Å². The number of Topliss-reactive ketones (excluding diaryl/α,β-unsaturated/α-hetero) is 1. The van der Waals surface area contributed by atoms with Gasteiger partial charge < -0.3 is 14.7 Å². The van der Waals surface area contributed by atoms with Crippen molar-refractivity contribution < 1.29 is 18.9 Å². The quantitative estimate of drug-likeness (QED) is 0.300. The Morgan fingerprint density at radius 2 is 2.05 bits per heavy atom.